The van der Waals surface area contributed by atoms with Crippen molar-refractivity contribution in [1.82, 2.24) is 15.5 Å². The van der Waals surface area contributed by atoms with Gasteiger partial charge in [0.1, 0.15) is 6.54 Å². The Labute approximate surface area is 170 Å². The summed E-state index contributed by atoms with van der Waals surface area (Å²) in [5.41, 5.74) is 0.686. The molecule has 0 bridgehead atoms. The average Bonchev–Trinajstić information content (AvgIpc) is 2.93. The van der Waals surface area contributed by atoms with Gasteiger partial charge in [-0.15, -0.1) is 0 Å². The van der Waals surface area contributed by atoms with Crippen LogP contribution in [-0.2, 0) is 9.59 Å². The predicted molar refractivity (Wildman–Crippen MR) is 106 cm³/mol. The van der Waals surface area contributed by atoms with Gasteiger partial charge in [0.15, 0.2) is 0 Å². The van der Waals surface area contributed by atoms with Crippen LogP contribution in [0.2, 0.25) is 0 Å². The van der Waals surface area contributed by atoms with Crippen molar-refractivity contribution < 1.29 is 19.2 Å². The van der Waals surface area contributed by atoms with Crippen molar-refractivity contribution in [1.29, 1.82) is 0 Å². The Bertz CT molecular complexity index is 832. The van der Waals surface area contributed by atoms with Crippen LogP contribution in [-0.4, -0.2) is 47.2 Å². The van der Waals surface area contributed by atoms with Crippen molar-refractivity contribution >= 4 is 23.6 Å². The summed E-state index contributed by atoms with van der Waals surface area (Å²) in [6.07, 6.45) is 3.31. The molecule has 4 amide bonds. The Kier molecular flexibility index (Phi) is 5.15. The van der Waals surface area contributed by atoms with Crippen LogP contribution in [0.3, 0.4) is 0 Å². The highest BCUT2D eigenvalue weighted by Gasteiger charge is 2.44. The Hall–Kier alpha value is -2.70. The van der Waals surface area contributed by atoms with Gasteiger partial charge in [-0.2, -0.15) is 0 Å². The summed E-state index contributed by atoms with van der Waals surface area (Å²) in [5, 5.41) is 6.11. The first-order chi connectivity index (χ1) is 13.9. The average molecular weight is 397 g/mol. The molecule has 2 heterocycles. The molecule has 1 saturated carbocycles. The van der Waals surface area contributed by atoms with Gasteiger partial charge in [-0.1, -0.05) is 26.0 Å². The van der Waals surface area contributed by atoms with Gasteiger partial charge in [0, 0.05) is 18.0 Å². The maximum atomic E-state index is 12.6. The van der Waals surface area contributed by atoms with Gasteiger partial charge in [0.2, 0.25) is 11.8 Å². The number of carbonyl (C=O) groups excluding carboxylic acids is 4. The Morgan fingerprint density at radius 2 is 1.79 bits per heavy atom. The maximum absolute atomic E-state index is 12.6. The second-order valence-corrected chi connectivity index (χ2v) is 8.47. The summed E-state index contributed by atoms with van der Waals surface area (Å²) in [6, 6.07) is 6.61. The standard InChI is InChI=1S/C22H27N3O4/c1-3-14-12(2)15-9-8-13(10-18(15)24-20(14)27)23-19(26)11-25-21(28)16-6-4-5-7-17(16)22(25)29/h4-7,12-15,18H,3,8-11H2,1-2H3,(H,23,26)(H,24,27). The highest BCUT2D eigenvalue weighted by atomic mass is 16.2. The lowest BCUT2D eigenvalue weighted by Gasteiger charge is -2.46. The number of nitrogens with one attached hydrogen (secondary N) is 2. The molecule has 1 aliphatic carbocycles. The van der Waals surface area contributed by atoms with Crippen molar-refractivity contribution in [2.75, 3.05) is 6.54 Å². The molecule has 154 valence electrons. The fraction of sp³-hybridized carbons (Fsp3) is 0.545. The highest BCUT2D eigenvalue weighted by Crippen LogP contribution is 2.38. The monoisotopic (exact) mass is 397 g/mol. The van der Waals surface area contributed by atoms with E-state index in [1.165, 1.54) is 0 Å². The third kappa shape index (κ3) is 3.43. The van der Waals surface area contributed by atoms with Crippen LogP contribution >= 0.6 is 0 Å². The molecular formula is C22H27N3O4. The summed E-state index contributed by atoms with van der Waals surface area (Å²) < 4.78 is 0. The molecule has 3 aliphatic rings. The van der Waals surface area contributed by atoms with Crippen LogP contribution in [0.1, 0.15) is 60.2 Å². The lowest BCUT2D eigenvalue weighted by Crippen LogP contribution is -2.58. The first-order valence-corrected chi connectivity index (χ1v) is 10.5. The molecule has 4 rings (SSSR count). The zero-order valence-electron chi connectivity index (χ0n) is 16.8. The molecule has 1 saturated heterocycles. The number of carbonyl (C=O) groups is 4. The lowest BCUT2D eigenvalue weighted by atomic mass is 9.67. The maximum Gasteiger partial charge on any atom is 0.262 e. The van der Waals surface area contributed by atoms with Crippen LogP contribution < -0.4 is 10.6 Å². The van der Waals surface area contributed by atoms with E-state index in [-0.39, 0.29) is 36.4 Å². The van der Waals surface area contributed by atoms with Gasteiger partial charge >= 0.3 is 0 Å². The molecule has 5 unspecified atom stereocenters. The van der Waals surface area contributed by atoms with Gasteiger partial charge in [-0.05, 0) is 49.7 Å². The van der Waals surface area contributed by atoms with Crippen molar-refractivity contribution in [2.45, 2.75) is 51.6 Å². The van der Waals surface area contributed by atoms with Crippen molar-refractivity contribution in [3.05, 3.63) is 35.4 Å². The molecule has 1 aromatic carbocycles. The lowest BCUT2D eigenvalue weighted by molar-refractivity contribution is -0.133. The van der Waals surface area contributed by atoms with Crippen molar-refractivity contribution in [3.63, 3.8) is 0 Å². The number of fused-ring (bicyclic) bond motifs is 2. The van der Waals surface area contributed by atoms with Gasteiger partial charge in [-0.3, -0.25) is 24.1 Å². The van der Waals surface area contributed by atoms with Crippen LogP contribution in [0.4, 0.5) is 0 Å². The normalized spacial score (nSPS) is 31.2. The summed E-state index contributed by atoms with van der Waals surface area (Å²) in [6.45, 7) is 3.93. The Balaban J connectivity index is 1.35. The number of rotatable bonds is 4. The fourth-order valence-corrected chi connectivity index (χ4v) is 5.30. The second kappa shape index (κ2) is 7.61. The number of hydrogen-bond donors (Lipinski definition) is 2. The minimum atomic E-state index is -0.427. The largest absolute Gasteiger partial charge is 0.353 e. The minimum Gasteiger partial charge on any atom is -0.353 e. The van der Waals surface area contributed by atoms with E-state index in [0.717, 1.165) is 24.2 Å². The van der Waals surface area contributed by atoms with E-state index in [4.69, 9.17) is 0 Å². The molecule has 7 nitrogen and oxygen atoms in total. The molecular weight excluding hydrogens is 370 g/mol. The van der Waals surface area contributed by atoms with Crippen LogP contribution in [0, 0.1) is 17.8 Å². The van der Waals surface area contributed by atoms with E-state index in [0.29, 0.717) is 29.4 Å². The van der Waals surface area contributed by atoms with E-state index in [2.05, 4.69) is 17.6 Å². The van der Waals surface area contributed by atoms with Gasteiger partial charge in [0.05, 0.1) is 11.1 Å². The van der Waals surface area contributed by atoms with E-state index in [9.17, 15) is 19.2 Å². The van der Waals surface area contributed by atoms with Crippen LogP contribution in [0.15, 0.2) is 24.3 Å². The smallest absolute Gasteiger partial charge is 0.262 e. The van der Waals surface area contributed by atoms with Crippen molar-refractivity contribution in [2.24, 2.45) is 17.8 Å². The Morgan fingerprint density at radius 3 is 2.41 bits per heavy atom. The molecule has 1 aromatic rings. The molecule has 0 radical (unpaired) electrons. The first kappa shape index (κ1) is 19.6. The second-order valence-electron chi connectivity index (χ2n) is 8.47. The number of piperidine rings is 1. The third-order valence-corrected chi connectivity index (χ3v) is 6.86. The fourth-order valence-electron chi connectivity index (χ4n) is 5.30. The van der Waals surface area contributed by atoms with Crippen LogP contribution in [0.25, 0.3) is 0 Å². The van der Waals surface area contributed by atoms with Gasteiger partial charge in [0.25, 0.3) is 11.8 Å². The van der Waals surface area contributed by atoms with Crippen LogP contribution in [0.5, 0.6) is 0 Å². The summed E-state index contributed by atoms with van der Waals surface area (Å²) >= 11 is 0. The zero-order valence-corrected chi connectivity index (χ0v) is 16.8. The van der Waals surface area contributed by atoms with Crippen molar-refractivity contribution in [3.8, 4) is 0 Å². The molecule has 2 fully saturated rings. The topological polar surface area (TPSA) is 95.6 Å². The summed E-state index contributed by atoms with van der Waals surface area (Å²) in [7, 11) is 0. The van der Waals surface area contributed by atoms with E-state index in [1.54, 1.807) is 24.3 Å². The molecule has 29 heavy (non-hydrogen) atoms. The molecule has 2 N–H and O–H groups in total. The van der Waals surface area contributed by atoms with Gasteiger partial charge in [-0.25, -0.2) is 0 Å². The quantitative estimate of drug-likeness (QED) is 0.757. The Morgan fingerprint density at radius 1 is 1.14 bits per heavy atom. The van der Waals surface area contributed by atoms with E-state index in [1.807, 2.05) is 6.92 Å². The predicted octanol–water partition coefficient (Wildman–Crippen LogP) is 1.73. The minimum absolute atomic E-state index is 0.0652. The number of hydrogen-bond acceptors (Lipinski definition) is 4. The SMILES string of the molecule is CCC1C(=O)NC2CC(NC(=O)CN3C(=O)c4ccccc4C3=O)CCC2C1C. The molecule has 0 spiro atoms. The van der Waals surface area contributed by atoms with E-state index >= 15 is 0 Å². The van der Waals surface area contributed by atoms with Gasteiger partial charge < -0.3 is 10.6 Å². The highest BCUT2D eigenvalue weighted by molar-refractivity contribution is 6.22. The third-order valence-electron chi connectivity index (χ3n) is 6.86. The number of amides is 4. The first-order valence-electron chi connectivity index (χ1n) is 10.5. The molecule has 0 aromatic heterocycles. The molecule has 5 atom stereocenters. The summed E-state index contributed by atoms with van der Waals surface area (Å²) in [4.78, 5) is 50.8. The van der Waals surface area contributed by atoms with E-state index < -0.39 is 11.8 Å². The zero-order chi connectivity index (χ0) is 20.7. The number of benzene rings is 1. The number of imide groups is 1. The molecule has 7 heteroatoms. The summed E-state index contributed by atoms with van der Waals surface area (Å²) in [5.74, 6) is -0.248. The molecule has 2 aliphatic heterocycles. The number of nitrogens with zero attached hydrogens (tertiary/aromatic N) is 1.